The molecule has 29 heavy (non-hydrogen) atoms. The molecule has 5 heteroatoms. The molecule has 2 amide bonds. The highest BCUT2D eigenvalue weighted by atomic mass is 16.5. The standard InChI is InChI=1S/C24H24N2O3/c1-3-26(4-2)24(28)19-12-10-18(11-13-19)23(27)25-20-14-16-22(17-15-20)29-21-8-6-5-7-9-21/h5-17H,3-4H2,1-2H3,(H,25,27). The molecule has 3 aromatic rings. The number of nitrogens with one attached hydrogen (secondary N) is 1. The summed E-state index contributed by atoms with van der Waals surface area (Å²) < 4.78 is 5.75. The lowest BCUT2D eigenvalue weighted by atomic mass is 10.1. The average Bonchev–Trinajstić information content (AvgIpc) is 2.76. The third-order valence-corrected chi connectivity index (χ3v) is 4.54. The number of anilines is 1. The molecule has 0 aliphatic rings. The number of carbonyl (C=O) groups is 2. The van der Waals surface area contributed by atoms with E-state index < -0.39 is 0 Å². The molecule has 0 saturated heterocycles. The second kappa shape index (κ2) is 9.55. The van der Waals surface area contributed by atoms with E-state index in [0.29, 0.717) is 35.7 Å². The fourth-order valence-electron chi connectivity index (χ4n) is 2.89. The summed E-state index contributed by atoms with van der Waals surface area (Å²) in [6.07, 6.45) is 0. The van der Waals surface area contributed by atoms with Crippen LogP contribution in [-0.2, 0) is 0 Å². The molecular weight excluding hydrogens is 364 g/mol. The molecule has 0 radical (unpaired) electrons. The molecule has 0 aliphatic carbocycles. The third-order valence-electron chi connectivity index (χ3n) is 4.54. The van der Waals surface area contributed by atoms with Crippen LogP contribution in [0, 0.1) is 0 Å². The number of hydrogen-bond acceptors (Lipinski definition) is 3. The van der Waals surface area contributed by atoms with Crippen LogP contribution in [0.25, 0.3) is 0 Å². The molecule has 0 unspecified atom stereocenters. The van der Waals surface area contributed by atoms with Crippen molar-refractivity contribution in [2.75, 3.05) is 18.4 Å². The molecule has 3 aromatic carbocycles. The van der Waals surface area contributed by atoms with Gasteiger partial charge in [0, 0.05) is 29.9 Å². The van der Waals surface area contributed by atoms with Gasteiger partial charge in [-0.1, -0.05) is 18.2 Å². The zero-order valence-corrected chi connectivity index (χ0v) is 16.6. The van der Waals surface area contributed by atoms with E-state index in [1.807, 2.05) is 44.2 Å². The predicted molar refractivity (Wildman–Crippen MR) is 115 cm³/mol. The van der Waals surface area contributed by atoms with Gasteiger partial charge in [-0.2, -0.15) is 0 Å². The van der Waals surface area contributed by atoms with Crippen LogP contribution in [0.3, 0.4) is 0 Å². The molecule has 0 aromatic heterocycles. The zero-order valence-electron chi connectivity index (χ0n) is 16.6. The van der Waals surface area contributed by atoms with Gasteiger partial charge in [0.25, 0.3) is 11.8 Å². The van der Waals surface area contributed by atoms with Crippen molar-refractivity contribution in [1.82, 2.24) is 4.90 Å². The first kappa shape index (κ1) is 20.1. The molecule has 1 N–H and O–H groups in total. The second-order valence-corrected chi connectivity index (χ2v) is 6.45. The van der Waals surface area contributed by atoms with Crippen molar-refractivity contribution in [3.63, 3.8) is 0 Å². The summed E-state index contributed by atoms with van der Waals surface area (Å²) in [7, 11) is 0. The summed E-state index contributed by atoms with van der Waals surface area (Å²) >= 11 is 0. The number of ether oxygens (including phenoxy) is 1. The highest BCUT2D eigenvalue weighted by Crippen LogP contribution is 2.23. The lowest BCUT2D eigenvalue weighted by molar-refractivity contribution is 0.0772. The van der Waals surface area contributed by atoms with Gasteiger partial charge in [-0.25, -0.2) is 0 Å². The van der Waals surface area contributed by atoms with Crippen LogP contribution < -0.4 is 10.1 Å². The maximum absolute atomic E-state index is 12.5. The normalized spacial score (nSPS) is 10.3. The largest absolute Gasteiger partial charge is 0.457 e. The first-order valence-electron chi connectivity index (χ1n) is 9.64. The van der Waals surface area contributed by atoms with Crippen molar-refractivity contribution in [2.45, 2.75) is 13.8 Å². The molecule has 3 rings (SSSR count). The number of para-hydroxylation sites is 1. The smallest absolute Gasteiger partial charge is 0.255 e. The van der Waals surface area contributed by atoms with Crippen LogP contribution >= 0.6 is 0 Å². The van der Waals surface area contributed by atoms with Gasteiger partial charge >= 0.3 is 0 Å². The summed E-state index contributed by atoms with van der Waals surface area (Å²) in [5.74, 6) is 1.18. The van der Waals surface area contributed by atoms with E-state index >= 15 is 0 Å². The van der Waals surface area contributed by atoms with Crippen molar-refractivity contribution in [3.8, 4) is 11.5 Å². The summed E-state index contributed by atoms with van der Waals surface area (Å²) in [6, 6.07) is 23.4. The Morgan fingerprint density at radius 2 is 1.31 bits per heavy atom. The average molecular weight is 388 g/mol. The van der Waals surface area contributed by atoms with Crippen LogP contribution in [0.15, 0.2) is 78.9 Å². The SMILES string of the molecule is CCN(CC)C(=O)c1ccc(C(=O)Nc2ccc(Oc3ccccc3)cc2)cc1. The van der Waals surface area contributed by atoms with E-state index in [0.717, 1.165) is 5.75 Å². The lowest BCUT2D eigenvalue weighted by Crippen LogP contribution is -2.30. The minimum atomic E-state index is -0.233. The van der Waals surface area contributed by atoms with Crippen molar-refractivity contribution in [2.24, 2.45) is 0 Å². The number of amides is 2. The molecule has 0 atom stereocenters. The Hall–Kier alpha value is -3.60. The van der Waals surface area contributed by atoms with Crippen LogP contribution in [0.4, 0.5) is 5.69 Å². The minimum Gasteiger partial charge on any atom is -0.457 e. The predicted octanol–water partition coefficient (Wildman–Crippen LogP) is 5.21. The molecule has 0 saturated carbocycles. The minimum absolute atomic E-state index is 0.0315. The van der Waals surface area contributed by atoms with Gasteiger partial charge in [0.15, 0.2) is 0 Å². The first-order chi connectivity index (χ1) is 14.1. The monoisotopic (exact) mass is 388 g/mol. The van der Waals surface area contributed by atoms with E-state index in [9.17, 15) is 9.59 Å². The zero-order chi connectivity index (χ0) is 20.6. The molecule has 0 aliphatic heterocycles. The van der Waals surface area contributed by atoms with E-state index in [-0.39, 0.29) is 11.8 Å². The number of rotatable bonds is 7. The van der Waals surface area contributed by atoms with Crippen molar-refractivity contribution >= 4 is 17.5 Å². The third kappa shape index (κ3) is 5.23. The maximum Gasteiger partial charge on any atom is 0.255 e. The molecule has 5 nitrogen and oxygen atoms in total. The highest BCUT2D eigenvalue weighted by molar-refractivity contribution is 6.05. The van der Waals surface area contributed by atoms with Gasteiger partial charge in [-0.15, -0.1) is 0 Å². The van der Waals surface area contributed by atoms with E-state index in [1.165, 1.54) is 0 Å². The topological polar surface area (TPSA) is 58.6 Å². The maximum atomic E-state index is 12.5. The van der Waals surface area contributed by atoms with Gasteiger partial charge in [-0.05, 0) is 74.5 Å². The number of benzene rings is 3. The van der Waals surface area contributed by atoms with Gasteiger partial charge in [0.2, 0.25) is 0 Å². The van der Waals surface area contributed by atoms with Crippen LogP contribution in [0.5, 0.6) is 11.5 Å². The highest BCUT2D eigenvalue weighted by Gasteiger charge is 2.13. The summed E-state index contributed by atoms with van der Waals surface area (Å²) in [5.41, 5.74) is 1.73. The molecule has 0 spiro atoms. The van der Waals surface area contributed by atoms with Crippen LogP contribution in [0.2, 0.25) is 0 Å². The number of carbonyl (C=O) groups excluding carboxylic acids is 2. The second-order valence-electron chi connectivity index (χ2n) is 6.45. The van der Waals surface area contributed by atoms with E-state index in [4.69, 9.17) is 4.74 Å². The quantitative estimate of drug-likeness (QED) is 0.604. The van der Waals surface area contributed by atoms with Gasteiger partial charge in [0.05, 0.1) is 0 Å². The van der Waals surface area contributed by atoms with Crippen LogP contribution in [0.1, 0.15) is 34.6 Å². The van der Waals surface area contributed by atoms with E-state index in [1.54, 1.807) is 53.4 Å². The Kier molecular flexibility index (Phi) is 6.63. The lowest BCUT2D eigenvalue weighted by Gasteiger charge is -2.18. The summed E-state index contributed by atoms with van der Waals surface area (Å²) in [4.78, 5) is 26.6. The van der Waals surface area contributed by atoms with Gasteiger partial charge in [0.1, 0.15) is 11.5 Å². The Bertz CT molecular complexity index is 948. The van der Waals surface area contributed by atoms with Gasteiger partial charge in [-0.3, -0.25) is 9.59 Å². The molecule has 148 valence electrons. The Labute approximate surface area is 170 Å². The fourth-order valence-corrected chi connectivity index (χ4v) is 2.89. The van der Waals surface area contributed by atoms with Crippen molar-refractivity contribution in [1.29, 1.82) is 0 Å². The Morgan fingerprint density at radius 1 is 0.759 bits per heavy atom. The van der Waals surface area contributed by atoms with E-state index in [2.05, 4.69) is 5.32 Å². The molecule has 0 heterocycles. The number of hydrogen-bond donors (Lipinski definition) is 1. The van der Waals surface area contributed by atoms with Crippen molar-refractivity contribution in [3.05, 3.63) is 90.0 Å². The first-order valence-corrected chi connectivity index (χ1v) is 9.64. The van der Waals surface area contributed by atoms with Crippen molar-refractivity contribution < 1.29 is 14.3 Å². The van der Waals surface area contributed by atoms with Crippen LogP contribution in [-0.4, -0.2) is 29.8 Å². The Morgan fingerprint density at radius 3 is 1.90 bits per heavy atom. The summed E-state index contributed by atoms with van der Waals surface area (Å²) in [6.45, 7) is 5.20. The number of nitrogens with zero attached hydrogens (tertiary/aromatic N) is 1. The molecule has 0 bridgehead atoms. The Balaban J connectivity index is 1.62. The fraction of sp³-hybridized carbons (Fsp3) is 0.167. The summed E-state index contributed by atoms with van der Waals surface area (Å²) in [5, 5.41) is 2.85. The molecular formula is C24H24N2O3. The van der Waals surface area contributed by atoms with Gasteiger partial charge < -0.3 is 15.0 Å². The molecule has 0 fully saturated rings.